The van der Waals surface area contributed by atoms with Crippen molar-refractivity contribution >= 4 is 56.8 Å². The second-order valence-corrected chi connectivity index (χ2v) is 7.02. The largest absolute Gasteiger partial charge is 0.493 e. The summed E-state index contributed by atoms with van der Waals surface area (Å²) < 4.78 is 11.5. The second-order valence-electron chi connectivity index (χ2n) is 5.35. The first-order valence-electron chi connectivity index (χ1n) is 7.89. The van der Waals surface area contributed by atoms with Crippen LogP contribution in [0.3, 0.4) is 0 Å². The highest BCUT2D eigenvalue weighted by molar-refractivity contribution is 9.10. The zero-order valence-corrected chi connectivity index (χ0v) is 17.9. The number of carbonyl (C=O) groups excluding carboxylic acids is 1. The minimum absolute atomic E-state index is 0.135. The molecular formula is C20H15BrCl2N2O3. The van der Waals surface area contributed by atoms with Crippen LogP contribution in [0.1, 0.15) is 5.56 Å². The lowest BCUT2D eigenvalue weighted by Gasteiger charge is -2.12. The molecule has 0 bridgehead atoms. The maximum atomic E-state index is 12.5. The first-order valence-corrected chi connectivity index (χ1v) is 9.44. The fourth-order valence-corrected chi connectivity index (χ4v) is 3.28. The molecule has 0 aliphatic rings. The Balaban J connectivity index is 2.36. The van der Waals surface area contributed by atoms with Crippen LogP contribution in [-0.2, 0) is 4.79 Å². The SMILES string of the molecule is C=CCOc1c(Br)cc(/C=C(\C#N)C(=O)Nc2c(Cl)cccc2Cl)cc1OC. The highest BCUT2D eigenvalue weighted by Gasteiger charge is 2.16. The third kappa shape index (κ3) is 5.29. The number of halogens is 3. The van der Waals surface area contributed by atoms with Crippen molar-refractivity contribution in [3.63, 3.8) is 0 Å². The fraction of sp³-hybridized carbons (Fsp3) is 0.100. The first-order chi connectivity index (χ1) is 13.4. The van der Waals surface area contributed by atoms with Gasteiger partial charge in [0.2, 0.25) is 0 Å². The molecule has 1 amide bonds. The van der Waals surface area contributed by atoms with Crippen LogP contribution in [0, 0.1) is 11.3 Å². The normalized spacial score (nSPS) is 10.8. The number of nitrogens with one attached hydrogen (secondary N) is 1. The molecule has 0 saturated heterocycles. The molecule has 2 aromatic carbocycles. The van der Waals surface area contributed by atoms with Gasteiger partial charge < -0.3 is 14.8 Å². The number of amides is 1. The number of para-hydroxylation sites is 1. The number of carbonyl (C=O) groups is 1. The minimum atomic E-state index is -0.639. The van der Waals surface area contributed by atoms with E-state index in [4.69, 9.17) is 32.7 Å². The van der Waals surface area contributed by atoms with Gasteiger partial charge in [-0.25, -0.2) is 0 Å². The van der Waals surface area contributed by atoms with E-state index in [1.54, 1.807) is 36.4 Å². The molecule has 8 heteroatoms. The van der Waals surface area contributed by atoms with E-state index in [1.165, 1.54) is 13.2 Å². The van der Waals surface area contributed by atoms with E-state index in [2.05, 4.69) is 27.8 Å². The maximum Gasteiger partial charge on any atom is 0.266 e. The summed E-state index contributed by atoms with van der Waals surface area (Å²) in [6.45, 7) is 3.91. The van der Waals surface area contributed by atoms with Crippen LogP contribution in [-0.4, -0.2) is 19.6 Å². The van der Waals surface area contributed by atoms with Gasteiger partial charge in [-0.3, -0.25) is 4.79 Å². The van der Waals surface area contributed by atoms with Gasteiger partial charge in [-0.05, 0) is 51.8 Å². The summed E-state index contributed by atoms with van der Waals surface area (Å²) in [4.78, 5) is 12.5. The van der Waals surface area contributed by atoms with Crippen molar-refractivity contribution in [1.82, 2.24) is 0 Å². The zero-order valence-electron chi connectivity index (χ0n) is 14.8. The second kappa shape index (κ2) is 10.2. The van der Waals surface area contributed by atoms with Gasteiger partial charge in [0.05, 0.1) is 27.3 Å². The third-order valence-electron chi connectivity index (χ3n) is 3.47. The number of nitriles is 1. The summed E-state index contributed by atoms with van der Waals surface area (Å²) >= 11 is 15.5. The molecular weight excluding hydrogens is 467 g/mol. The van der Waals surface area contributed by atoms with Crippen LogP contribution in [0.4, 0.5) is 5.69 Å². The van der Waals surface area contributed by atoms with E-state index in [0.29, 0.717) is 28.1 Å². The Morgan fingerprint density at radius 1 is 1.36 bits per heavy atom. The average Bonchev–Trinajstić information content (AvgIpc) is 2.67. The molecule has 144 valence electrons. The molecule has 5 nitrogen and oxygen atoms in total. The number of methoxy groups -OCH3 is 1. The van der Waals surface area contributed by atoms with E-state index < -0.39 is 5.91 Å². The number of hydrogen-bond donors (Lipinski definition) is 1. The molecule has 0 aromatic heterocycles. The summed E-state index contributed by atoms with van der Waals surface area (Å²) in [6.07, 6.45) is 3.03. The Morgan fingerprint density at radius 2 is 2.04 bits per heavy atom. The number of ether oxygens (including phenoxy) is 2. The summed E-state index contributed by atoms with van der Waals surface area (Å²) in [7, 11) is 1.49. The topological polar surface area (TPSA) is 71.3 Å². The lowest BCUT2D eigenvalue weighted by Crippen LogP contribution is -2.14. The summed E-state index contributed by atoms with van der Waals surface area (Å²) in [5, 5.41) is 12.5. The van der Waals surface area contributed by atoms with E-state index >= 15 is 0 Å². The monoisotopic (exact) mass is 480 g/mol. The van der Waals surface area contributed by atoms with Gasteiger partial charge in [0.15, 0.2) is 11.5 Å². The molecule has 0 heterocycles. The summed E-state index contributed by atoms with van der Waals surface area (Å²) in [5.41, 5.74) is 0.667. The lowest BCUT2D eigenvalue weighted by molar-refractivity contribution is -0.112. The highest BCUT2D eigenvalue weighted by Crippen LogP contribution is 2.37. The Hall–Kier alpha value is -2.46. The van der Waals surface area contributed by atoms with Gasteiger partial charge in [0, 0.05) is 0 Å². The van der Waals surface area contributed by atoms with Crippen molar-refractivity contribution in [1.29, 1.82) is 5.26 Å². The highest BCUT2D eigenvalue weighted by atomic mass is 79.9. The first kappa shape index (κ1) is 21.8. The molecule has 2 rings (SSSR count). The fourth-order valence-electron chi connectivity index (χ4n) is 2.22. The number of benzene rings is 2. The summed E-state index contributed by atoms with van der Waals surface area (Å²) in [5.74, 6) is 0.291. The molecule has 28 heavy (non-hydrogen) atoms. The average molecular weight is 482 g/mol. The standard InChI is InChI=1S/C20H15BrCl2N2O3/c1-3-7-28-19-14(21)9-12(10-17(19)27-2)8-13(11-24)20(26)25-18-15(22)5-4-6-16(18)23/h3-6,8-10H,1,7H2,2H3,(H,25,26)/b13-8+. The number of rotatable bonds is 7. The van der Waals surface area contributed by atoms with Crippen LogP contribution in [0.25, 0.3) is 6.08 Å². The quantitative estimate of drug-likeness (QED) is 0.304. The molecule has 0 radical (unpaired) electrons. The third-order valence-corrected chi connectivity index (χ3v) is 4.69. The van der Waals surface area contributed by atoms with Crippen LogP contribution < -0.4 is 14.8 Å². The maximum absolute atomic E-state index is 12.5. The Kier molecular flexibility index (Phi) is 7.94. The molecule has 0 aliphatic carbocycles. The van der Waals surface area contributed by atoms with Crippen molar-refractivity contribution in [2.45, 2.75) is 0 Å². The summed E-state index contributed by atoms with van der Waals surface area (Å²) in [6, 6.07) is 10.1. The number of nitrogens with zero attached hydrogens (tertiary/aromatic N) is 1. The van der Waals surface area contributed by atoms with Gasteiger partial charge in [0.1, 0.15) is 18.2 Å². The van der Waals surface area contributed by atoms with Crippen LogP contribution in [0.2, 0.25) is 10.0 Å². The molecule has 0 atom stereocenters. The van der Waals surface area contributed by atoms with E-state index in [1.807, 2.05) is 6.07 Å². The van der Waals surface area contributed by atoms with Crippen molar-refractivity contribution in [2.75, 3.05) is 19.0 Å². The zero-order chi connectivity index (χ0) is 20.7. The smallest absolute Gasteiger partial charge is 0.266 e. The van der Waals surface area contributed by atoms with Crippen molar-refractivity contribution in [3.8, 4) is 17.6 Å². The van der Waals surface area contributed by atoms with Crippen molar-refractivity contribution < 1.29 is 14.3 Å². The van der Waals surface area contributed by atoms with E-state index in [9.17, 15) is 10.1 Å². The molecule has 0 fully saturated rings. The molecule has 0 aliphatic heterocycles. The van der Waals surface area contributed by atoms with Crippen molar-refractivity contribution in [2.24, 2.45) is 0 Å². The predicted octanol–water partition coefficient (Wildman–Crippen LogP) is 5.87. The Labute approximate surface area is 181 Å². The van der Waals surface area contributed by atoms with Gasteiger partial charge in [0.25, 0.3) is 5.91 Å². The Bertz CT molecular complexity index is 964. The number of hydrogen-bond acceptors (Lipinski definition) is 4. The Morgan fingerprint density at radius 3 is 2.61 bits per heavy atom. The van der Waals surface area contributed by atoms with E-state index in [-0.39, 0.29) is 21.3 Å². The van der Waals surface area contributed by atoms with Gasteiger partial charge in [-0.15, -0.1) is 0 Å². The molecule has 1 N–H and O–H groups in total. The molecule has 0 unspecified atom stereocenters. The van der Waals surface area contributed by atoms with Gasteiger partial charge in [-0.1, -0.05) is 41.9 Å². The van der Waals surface area contributed by atoms with Crippen LogP contribution >= 0.6 is 39.1 Å². The van der Waals surface area contributed by atoms with Crippen LogP contribution in [0.15, 0.2) is 53.0 Å². The van der Waals surface area contributed by atoms with Gasteiger partial charge in [-0.2, -0.15) is 5.26 Å². The molecule has 0 spiro atoms. The minimum Gasteiger partial charge on any atom is -0.493 e. The van der Waals surface area contributed by atoms with Gasteiger partial charge >= 0.3 is 0 Å². The van der Waals surface area contributed by atoms with Crippen LogP contribution in [0.5, 0.6) is 11.5 Å². The molecule has 0 saturated carbocycles. The lowest BCUT2D eigenvalue weighted by atomic mass is 10.1. The van der Waals surface area contributed by atoms with E-state index in [0.717, 1.165) is 0 Å². The predicted molar refractivity (Wildman–Crippen MR) is 115 cm³/mol. The van der Waals surface area contributed by atoms with Crippen molar-refractivity contribution in [3.05, 3.63) is 68.6 Å². The molecule has 2 aromatic rings. The number of anilines is 1.